The fourth-order valence-corrected chi connectivity index (χ4v) is 3.16. The van der Waals surface area contributed by atoms with Crippen LogP contribution in [0.25, 0.3) is 11.1 Å². The van der Waals surface area contributed by atoms with Crippen LogP contribution < -0.4 is 10.6 Å². The Bertz CT molecular complexity index is 888. The molecule has 6 nitrogen and oxygen atoms in total. The Balaban J connectivity index is 1.64. The number of aromatic nitrogens is 2. The summed E-state index contributed by atoms with van der Waals surface area (Å²) in [5, 5.41) is 6.72. The zero-order valence-corrected chi connectivity index (χ0v) is 17.1. The van der Waals surface area contributed by atoms with Crippen molar-refractivity contribution in [3.63, 3.8) is 0 Å². The van der Waals surface area contributed by atoms with Crippen LogP contribution in [-0.2, 0) is 17.8 Å². The zero-order valence-electron chi connectivity index (χ0n) is 17.1. The summed E-state index contributed by atoms with van der Waals surface area (Å²) in [6.07, 6.45) is 6.56. The Kier molecular flexibility index (Phi) is 7.83. The van der Waals surface area contributed by atoms with E-state index >= 15 is 0 Å². The van der Waals surface area contributed by atoms with Gasteiger partial charge < -0.3 is 19.9 Å². The molecule has 0 aliphatic rings. The van der Waals surface area contributed by atoms with E-state index in [1.165, 1.54) is 22.3 Å². The molecule has 0 atom stereocenters. The molecule has 29 heavy (non-hydrogen) atoms. The summed E-state index contributed by atoms with van der Waals surface area (Å²) in [5.74, 6) is 0.798. The summed E-state index contributed by atoms with van der Waals surface area (Å²) in [6, 6.07) is 17.2. The molecule has 0 unspecified atom stereocenters. The van der Waals surface area contributed by atoms with Crippen LogP contribution in [-0.4, -0.2) is 42.8 Å². The molecule has 0 aliphatic carbocycles. The van der Waals surface area contributed by atoms with Gasteiger partial charge in [-0.15, -0.1) is 0 Å². The van der Waals surface area contributed by atoms with Crippen molar-refractivity contribution in [2.75, 3.05) is 27.3 Å². The minimum absolute atomic E-state index is 0.705. The smallest absolute Gasteiger partial charge is 0.191 e. The molecular formula is C23H29N5O. The predicted molar refractivity (Wildman–Crippen MR) is 118 cm³/mol. The minimum Gasteiger partial charge on any atom is -0.385 e. The largest absolute Gasteiger partial charge is 0.385 e. The van der Waals surface area contributed by atoms with Crippen LogP contribution in [0.2, 0.25) is 0 Å². The molecule has 6 heteroatoms. The number of nitrogens with zero attached hydrogens (tertiary/aromatic N) is 3. The van der Waals surface area contributed by atoms with Crippen molar-refractivity contribution in [2.45, 2.75) is 19.5 Å². The van der Waals surface area contributed by atoms with Crippen LogP contribution in [0.15, 0.2) is 72.2 Å². The van der Waals surface area contributed by atoms with E-state index in [0.717, 1.165) is 32.1 Å². The van der Waals surface area contributed by atoms with Crippen LogP contribution in [0.4, 0.5) is 0 Å². The van der Waals surface area contributed by atoms with Gasteiger partial charge in [0.25, 0.3) is 0 Å². The average molecular weight is 392 g/mol. The van der Waals surface area contributed by atoms with Crippen molar-refractivity contribution < 1.29 is 4.74 Å². The minimum atomic E-state index is 0.705. The van der Waals surface area contributed by atoms with Crippen LogP contribution in [0, 0.1) is 0 Å². The van der Waals surface area contributed by atoms with Crippen LogP contribution in [0.1, 0.15) is 17.5 Å². The van der Waals surface area contributed by atoms with Gasteiger partial charge in [-0.05, 0) is 28.7 Å². The number of hydrogen-bond donors (Lipinski definition) is 2. The summed E-state index contributed by atoms with van der Waals surface area (Å²) in [6.45, 7) is 3.10. The van der Waals surface area contributed by atoms with Gasteiger partial charge in [-0.1, -0.05) is 48.5 Å². The fourth-order valence-electron chi connectivity index (χ4n) is 3.16. The standard InChI is InChI=1S/C23H29N5O/c1-24-23(26-12-5-15-29-2)27-16-21-6-3-4-7-22(21)20-10-8-19(9-11-20)17-28-14-13-25-18-28/h3-4,6-11,13-14,18H,5,12,15-17H2,1-2H3,(H2,24,26,27). The van der Waals surface area contributed by atoms with Gasteiger partial charge in [-0.3, -0.25) is 4.99 Å². The van der Waals surface area contributed by atoms with E-state index in [9.17, 15) is 0 Å². The molecule has 0 saturated heterocycles. The number of ether oxygens (including phenoxy) is 1. The van der Waals surface area contributed by atoms with Gasteiger partial charge in [0, 0.05) is 52.8 Å². The molecule has 0 fully saturated rings. The van der Waals surface area contributed by atoms with Gasteiger partial charge in [-0.2, -0.15) is 0 Å². The number of hydrogen-bond acceptors (Lipinski definition) is 3. The Morgan fingerprint density at radius 2 is 1.93 bits per heavy atom. The van der Waals surface area contributed by atoms with E-state index in [2.05, 4.69) is 73.7 Å². The second kappa shape index (κ2) is 11.0. The predicted octanol–water partition coefficient (Wildman–Crippen LogP) is 3.30. The number of nitrogens with one attached hydrogen (secondary N) is 2. The number of guanidine groups is 1. The first-order chi connectivity index (χ1) is 14.3. The fraction of sp³-hybridized carbons (Fsp3) is 0.304. The van der Waals surface area contributed by atoms with Gasteiger partial charge in [0.05, 0.1) is 6.33 Å². The number of aliphatic imine (C=N–C) groups is 1. The second-order valence-electron chi connectivity index (χ2n) is 6.79. The SMILES string of the molecule is CN=C(NCCCOC)NCc1ccccc1-c1ccc(Cn2ccnc2)cc1. The summed E-state index contributed by atoms with van der Waals surface area (Å²) in [5.41, 5.74) is 4.92. The highest BCUT2D eigenvalue weighted by atomic mass is 16.5. The highest BCUT2D eigenvalue weighted by Crippen LogP contribution is 2.24. The first kappa shape index (κ1) is 20.6. The molecule has 3 aromatic rings. The third-order valence-corrected chi connectivity index (χ3v) is 4.69. The quantitative estimate of drug-likeness (QED) is 0.334. The van der Waals surface area contributed by atoms with Crippen molar-refractivity contribution in [1.29, 1.82) is 0 Å². The normalized spacial score (nSPS) is 11.4. The van der Waals surface area contributed by atoms with E-state index < -0.39 is 0 Å². The lowest BCUT2D eigenvalue weighted by Gasteiger charge is -2.15. The van der Waals surface area contributed by atoms with Gasteiger partial charge in [-0.25, -0.2) is 4.98 Å². The molecule has 2 aromatic carbocycles. The summed E-state index contributed by atoms with van der Waals surface area (Å²) >= 11 is 0. The summed E-state index contributed by atoms with van der Waals surface area (Å²) in [7, 11) is 3.50. The number of benzene rings is 2. The maximum atomic E-state index is 5.08. The lowest BCUT2D eigenvalue weighted by Crippen LogP contribution is -2.37. The van der Waals surface area contributed by atoms with Crippen molar-refractivity contribution in [2.24, 2.45) is 4.99 Å². The Morgan fingerprint density at radius 3 is 2.66 bits per heavy atom. The monoisotopic (exact) mass is 391 g/mol. The molecule has 3 rings (SSSR count). The zero-order chi connectivity index (χ0) is 20.3. The van der Waals surface area contributed by atoms with Gasteiger partial charge >= 0.3 is 0 Å². The number of rotatable bonds is 9. The Hall–Kier alpha value is -3.12. The van der Waals surface area contributed by atoms with Gasteiger partial charge in [0.1, 0.15) is 0 Å². The van der Waals surface area contributed by atoms with Crippen molar-refractivity contribution >= 4 is 5.96 Å². The van der Waals surface area contributed by atoms with Gasteiger partial charge in [0.15, 0.2) is 5.96 Å². The topological polar surface area (TPSA) is 63.5 Å². The highest BCUT2D eigenvalue weighted by molar-refractivity contribution is 5.80. The van der Waals surface area contributed by atoms with Crippen molar-refractivity contribution in [3.05, 3.63) is 78.4 Å². The highest BCUT2D eigenvalue weighted by Gasteiger charge is 2.06. The van der Waals surface area contributed by atoms with Crippen molar-refractivity contribution in [1.82, 2.24) is 20.2 Å². The summed E-state index contributed by atoms with van der Waals surface area (Å²) in [4.78, 5) is 8.40. The summed E-state index contributed by atoms with van der Waals surface area (Å²) < 4.78 is 7.15. The maximum Gasteiger partial charge on any atom is 0.191 e. The maximum absolute atomic E-state index is 5.08. The first-order valence-electron chi connectivity index (χ1n) is 9.86. The van der Waals surface area contributed by atoms with Crippen molar-refractivity contribution in [3.8, 4) is 11.1 Å². The molecule has 0 aliphatic heterocycles. The number of imidazole rings is 1. The molecule has 0 amide bonds. The van der Waals surface area contributed by atoms with E-state index in [4.69, 9.17) is 4.74 Å². The van der Waals surface area contributed by atoms with Crippen LogP contribution in [0.3, 0.4) is 0 Å². The van der Waals surface area contributed by atoms with Crippen LogP contribution >= 0.6 is 0 Å². The molecular weight excluding hydrogens is 362 g/mol. The third kappa shape index (κ3) is 6.19. The third-order valence-electron chi connectivity index (χ3n) is 4.69. The molecule has 1 heterocycles. The molecule has 1 aromatic heterocycles. The first-order valence-corrected chi connectivity index (χ1v) is 9.86. The van der Waals surface area contributed by atoms with E-state index in [0.29, 0.717) is 6.54 Å². The average Bonchev–Trinajstić information content (AvgIpc) is 3.27. The Labute approximate surface area is 172 Å². The molecule has 0 saturated carbocycles. The second-order valence-corrected chi connectivity index (χ2v) is 6.79. The van der Waals surface area contributed by atoms with E-state index in [1.54, 1.807) is 20.4 Å². The van der Waals surface area contributed by atoms with E-state index in [-0.39, 0.29) is 0 Å². The molecule has 0 bridgehead atoms. The lowest BCUT2D eigenvalue weighted by atomic mass is 9.98. The van der Waals surface area contributed by atoms with E-state index in [1.807, 2.05) is 12.5 Å². The molecule has 2 N–H and O–H groups in total. The lowest BCUT2D eigenvalue weighted by molar-refractivity contribution is 0.195. The molecule has 0 radical (unpaired) electrons. The molecule has 152 valence electrons. The van der Waals surface area contributed by atoms with Crippen LogP contribution in [0.5, 0.6) is 0 Å². The van der Waals surface area contributed by atoms with Gasteiger partial charge in [0.2, 0.25) is 0 Å². The molecule has 0 spiro atoms. The Morgan fingerprint density at radius 1 is 1.10 bits per heavy atom. The number of methoxy groups -OCH3 is 1.